The molecule has 1 N–H and O–H groups in total. The molecule has 1 aliphatic heterocycles. The Balaban J connectivity index is 1.59. The number of nitrogens with one attached hydrogen (secondary N) is 1. The lowest BCUT2D eigenvalue weighted by Gasteiger charge is -2.35. The number of hydrogen-bond acceptors (Lipinski definition) is 5. The van der Waals surface area contributed by atoms with E-state index in [-0.39, 0.29) is 24.0 Å². The van der Waals surface area contributed by atoms with Crippen molar-refractivity contribution >= 4 is 28.5 Å². The van der Waals surface area contributed by atoms with Gasteiger partial charge in [-0.05, 0) is 58.0 Å². The van der Waals surface area contributed by atoms with Gasteiger partial charge < -0.3 is 15.0 Å². The molecule has 2 aromatic carbocycles. The Morgan fingerprint density at radius 2 is 1.61 bits per heavy atom. The summed E-state index contributed by atoms with van der Waals surface area (Å²) in [6.45, 7) is 8.75. The topological polar surface area (TPSA) is 84.4 Å². The Labute approximate surface area is 181 Å². The molecule has 31 heavy (non-hydrogen) atoms. The first-order valence-electron chi connectivity index (χ1n) is 10.4. The quantitative estimate of drug-likeness (QED) is 0.700. The SMILES string of the molecule is Cc1nc2ccc(C(=O)Nc3ccccc3C(=O)N3C[C@@H](C)O[C@@H](C)C3)cc2nc1C. The number of nitrogens with zero attached hydrogens (tertiary/aromatic N) is 3. The molecule has 1 saturated heterocycles. The molecule has 0 unspecified atom stereocenters. The number of anilines is 1. The third-order valence-electron chi connectivity index (χ3n) is 5.45. The molecule has 0 aliphatic carbocycles. The fraction of sp³-hybridized carbons (Fsp3) is 0.333. The molecule has 2 amide bonds. The molecule has 2 atom stereocenters. The summed E-state index contributed by atoms with van der Waals surface area (Å²) in [5, 5.41) is 2.89. The zero-order valence-electron chi connectivity index (χ0n) is 18.2. The number of carbonyl (C=O) groups is 2. The van der Waals surface area contributed by atoms with Crippen molar-refractivity contribution in [1.29, 1.82) is 0 Å². The number of fused-ring (bicyclic) bond motifs is 1. The van der Waals surface area contributed by atoms with Crippen LogP contribution in [0.15, 0.2) is 42.5 Å². The maximum atomic E-state index is 13.2. The predicted octanol–water partition coefficient (Wildman–Crippen LogP) is 3.75. The van der Waals surface area contributed by atoms with E-state index in [1.54, 1.807) is 47.4 Å². The van der Waals surface area contributed by atoms with Crippen LogP contribution < -0.4 is 5.32 Å². The van der Waals surface area contributed by atoms with E-state index in [1.807, 2.05) is 27.7 Å². The highest BCUT2D eigenvalue weighted by Crippen LogP contribution is 2.22. The van der Waals surface area contributed by atoms with Gasteiger partial charge in [0.15, 0.2) is 0 Å². The maximum absolute atomic E-state index is 13.2. The van der Waals surface area contributed by atoms with Gasteiger partial charge in [-0.15, -0.1) is 0 Å². The van der Waals surface area contributed by atoms with Crippen LogP contribution in [0.1, 0.15) is 46.0 Å². The fourth-order valence-corrected chi connectivity index (χ4v) is 3.86. The van der Waals surface area contributed by atoms with Gasteiger partial charge in [0.25, 0.3) is 11.8 Å². The van der Waals surface area contributed by atoms with Crippen LogP contribution in [0.5, 0.6) is 0 Å². The van der Waals surface area contributed by atoms with Crippen LogP contribution in [-0.4, -0.2) is 52.0 Å². The van der Waals surface area contributed by atoms with Crippen molar-refractivity contribution in [2.24, 2.45) is 0 Å². The fourth-order valence-electron chi connectivity index (χ4n) is 3.86. The zero-order valence-corrected chi connectivity index (χ0v) is 18.2. The molecule has 0 spiro atoms. The minimum atomic E-state index is -0.300. The van der Waals surface area contributed by atoms with E-state index in [1.165, 1.54) is 0 Å². The summed E-state index contributed by atoms with van der Waals surface area (Å²) in [4.78, 5) is 37.0. The van der Waals surface area contributed by atoms with Gasteiger partial charge in [0, 0.05) is 18.7 Å². The molecule has 1 fully saturated rings. The Kier molecular flexibility index (Phi) is 5.69. The van der Waals surface area contributed by atoms with Gasteiger partial charge in [0.2, 0.25) is 0 Å². The highest BCUT2D eigenvalue weighted by atomic mass is 16.5. The number of morpholine rings is 1. The Hall–Kier alpha value is -3.32. The average molecular weight is 418 g/mol. The summed E-state index contributed by atoms with van der Waals surface area (Å²) in [5.74, 6) is -0.417. The molecule has 7 heteroatoms. The first-order chi connectivity index (χ1) is 14.8. The van der Waals surface area contributed by atoms with Crippen LogP contribution in [0.3, 0.4) is 0 Å². The van der Waals surface area contributed by atoms with Gasteiger partial charge in [-0.2, -0.15) is 0 Å². The van der Waals surface area contributed by atoms with E-state index >= 15 is 0 Å². The van der Waals surface area contributed by atoms with Crippen molar-refractivity contribution in [3.05, 3.63) is 65.0 Å². The second kappa shape index (κ2) is 8.43. The van der Waals surface area contributed by atoms with E-state index in [2.05, 4.69) is 15.3 Å². The molecule has 0 saturated carbocycles. The second-order valence-corrected chi connectivity index (χ2v) is 8.07. The highest BCUT2D eigenvalue weighted by Gasteiger charge is 2.28. The van der Waals surface area contributed by atoms with Gasteiger partial charge in [0.1, 0.15) is 0 Å². The minimum absolute atomic E-state index is 0.0275. The largest absolute Gasteiger partial charge is 0.372 e. The van der Waals surface area contributed by atoms with Crippen LogP contribution in [-0.2, 0) is 4.74 Å². The van der Waals surface area contributed by atoms with E-state index < -0.39 is 0 Å². The number of para-hydroxylation sites is 1. The molecule has 0 bridgehead atoms. The molecule has 1 aliphatic rings. The highest BCUT2D eigenvalue weighted by molar-refractivity contribution is 6.09. The third-order valence-corrected chi connectivity index (χ3v) is 5.45. The molecule has 4 rings (SSSR count). The predicted molar refractivity (Wildman–Crippen MR) is 119 cm³/mol. The number of amides is 2. The van der Waals surface area contributed by atoms with Crippen molar-refractivity contribution in [2.45, 2.75) is 39.9 Å². The van der Waals surface area contributed by atoms with Crippen LogP contribution in [0.2, 0.25) is 0 Å². The lowest BCUT2D eigenvalue weighted by atomic mass is 10.1. The summed E-state index contributed by atoms with van der Waals surface area (Å²) in [7, 11) is 0. The van der Waals surface area contributed by atoms with E-state index in [0.29, 0.717) is 35.4 Å². The number of aryl methyl sites for hydroxylation is 2. The van der Waals surface area contributed by atoms with Crippen LogP contribution >= 0.6 is 0 Å². The first-order valence-corrected chi connectivity index (χ1v) is 10.4. The number of ether oxygens (including phenoxy) is 1. The second-order valence-electron chi connectivity index (χ2n) is 8.07. The summed E-state index contributed by atoms with van der Waals surface area (Å²) in [5.41, 5.74) is 4.50. The van der Waals surface area contributed by atoms with E-state index in [0.717, 1.165) is 16.9 Å². The molecule has 1 aromatic heterocycles. The summed E-state index contributed by atoms with van der Waals surface area (Å²) in [6, 6.07) is 12.3. The summed E-state index contributed by atoms with van der Waals surface area (Å²) < 4.78 is 5.73. The lowest BCUT2D eigenvalue weighted by Crippen LogP contribution is -2.48. The lowest BCUT2D eigenvalue weighted by molar-refractivity contribution is -0.0585. The minimum Gasteiger partial charge on any atom is -0.372 e. The van der Waals surface area contributed by atoms with Crippen LogP contribution in [0.25, 0.3) is 11.0 Å². The molecule has 160 valence electrons. The van der Waals surface area contributed by atoms with Crippen molar-refractivity contribution in [3.8, 4) is 0 Å². The number of carbonyl (C=O) groups excluding carboxylic acids is 2. The van der Waals surface area contributed by atoms with Crippen molar-refractivity contribution in [1.82, 2.24) is 14.9 Å². The van der Waals surface area contributed by atoms with E-state index in [9.17, 15) is 9.59 Å². The smallest absolute Gasteiger partial charge is 0.256 e. The van der Waals surface area contributed by atoms with Crippen molar-refractivity contribution in [3.63, 3.8) is 0 Å². The van der Waals surface area contributed by atoms with Gasteiger partial charge >= 0.3 is 0 Å². The molecular formula is C24H26N4O3. The van der Waals surface area contributed by atoms with Crippen LogP contribution in [0, 0.1) is 13.8 Å². The monoisotopic (exact) mass is 418 g/mol. The molecule has 7 nitrogen and oxygen atoms in total. The normalized spacial score (nSPS) is 18.8. The summed E-state index contributed by atoms with van der Waals surface area (Å²) in [6.07, 6.45) is -0.0551. The number of hydrogen-bond donors (Lipinski definition) is 1. The van der Waals surface area contributed by atoms with Gasteiger partial charge in [-0.25, -0.2) is 9.97 Å². The molecule has 3 aromatic rings. The number of rotatable bonds is 3. The van der Waals surface area contributed by atoms with Gasteiger partial charge in [0.05, 0.1) is 45.9 Å². The van der Waals surface area contributed by atoms with Crippen molar-refractivity contribution in [2.75, 3.05) is 18.4 Å². The maximum Gasteiger partial charge on any atom is 0.256 e. The zero-order chi connectivity index (χ0) is 22.1. The number of aromatic nitrogens is 2. The first kappa shape index (κ1) is 20.9. The molecule has 2 heterocycles. The molecular weight excluding hydrogens is 392 g/mol. The standard InChI is InChI=1S/C24H26N4O3/c1-14-12-28(13-15(2)31-14)24(30)19-7-5-6-8-20(19)27-23(29)18-9-10-21-22(11-18)26-17(4)16(3)25-21/h5-11,14-15H,12-13H2,1-4H3,(H,27,29)/t14-,15+. The van der Waals surface area contributed by atoms with E-state index in [4.69, 9.17) is 4.74 Å². The average Bonchev–Trinajstić information content (AvgIpc) is 2.73. The van der Waals surface area contributed by atoms with Gasteiger partial charge in [-0.3, -0.25) is 9.59 Å². The van der Waals surface area contributed by atoms with Gasteiger partial charge in [-0.1, -0.05) is 12.1 Å². The number of benzene rings is 2. The van der Waals surface area contributed by atoms with Crippen LogP contribution in [0.4, 0.5) is 5.69 Å². The molecule has 0 radical (unpaired) electrons. The third kappa shape index (κ3) is 4.41. The Morgan fingerprint density at radius 1 is 0.968 bits per heavy atom. The Morgan fingerprint density at radius 3 is 2.32 bits per heavy atom. The Bertz CT molecular complexity index is 1150. The van der Waals surface area contributed by atoms with Crippen molar-refractivity contribution < 1.29 is 14.3 Å². The summed E-state index contributed by atoms with van der Waals surface area (Å²) >= 11 is 0.